The average molecular weight is 345 g/mol. The number of amides is 1. The van der Waals surface area contributed by atoms with Crippen LogP contribution in [0.4, 0.5) is 4.39 Å². The zero-order valence-corrected chi connectivity index (χ0v) is 13.8. The first-order chi connectivity index (χ1) is 11.7. The summed E-state index contributed by atoms with van der Waals surface area (Å²) in [6.07, 6.45) is 2.25. The van der Waals surface area contributed by atoms with Crippen molar-refractivity contribution in [2.75, 3.05) is 26.3 Å². The topological polar surface area (TPSA) is 46.8 Å². The molecule has 1 saturated heterocycles. The Hall–Kier alpha value is -2.25. The number of halogens is 1. The minimum absolute atomic E-state index is 0.107. The van der Waals surface area contributed by atoms with Gasteiger partial charge in [0.05, 0.1) is 25.3 Å². The van der Waals surface area contributed by atoms with Gasteiger partial charge < -0.3 is 9.64 Å². The monoisotopic (exact) mass is 345 g/mol. The zero-order valence-electron chi connectivity index (χ0n) is 12.9. The van der Waals surface area contributed by atoms with Crippen LogP contribution in [-0.4, -0.2) is 46.5 Å². The number of fused-ring (bicyclic) bond motifs is 1. The molecule has 1 aromatic carbocycles. The second-order valence-corrected chi connectivity index (χ2v) is 6.52. The molecule has 1 fully saturated rings. The van der Waals surface area contributed by atoms with E-state index in [0.717, 1.165) is 21.9 Å². The van der Waals surface area contributed by atoms with Crippen molar-refractivity contribution in [2.45, 2.75) is 6.42 Å². The first-order valence-corrected chi connectivity index (χ1v) is 8.65. The molecule has 124 valence electrons. The van der Waals surface area contributed by atoms with Crippen LogP contribution in [0.1, 0.15) is 5.69 Å². The number of benzene rings is 1. The lowest BCUT2D eigenvalue weighted by Gasteiger charge is -2.26. The number of nitrogens with zero attached hydrogens (tertiary/aromatic N) is 3. The Morgan fingerprint density at radius 1 is 1.25 bits per heavy atom. The summed E-state index contributed by atoms with van der Waals surface area (Å²) < 4.78 is 20.3. The van der Waals surface area contributed by atoms with Crippen molar-refractivity contribution in [3.63, 3.8) is 0 Å². The minimum Gasteiger partial charge on any atom is -0.378 e. The number of carbonyl (C=O) groups is 1. The molecule has 1 aliphatic heterocycles. The van der Waals surface area contributed by atoms with E-state index in [1.165, 1.54) is 23.5 Å². The molecule has 3 aromatic rings. The minimum atomic E-state index is -0.267. The van der Waals surface area contributed by atoms with E-state index in [2.05, 4.69) is 4.98 Å². The van der Waals surface area contributed by atoms with E-state index in [1.807, 2.05) is 20.9 Å². The lowest BCUT2D eigenvalue weighted by atomic mass is 10.2. The molecule has 7 heteroatoms. The van der Waals surface area contributed by atoms with E-state index in [0.29, 0.717) is 32.7 Å². The van der Waals surface area contributed by atoms with Crippen LogP contribution in [0, 0.1) is 5.82 Å². The molecule has 0 N–H and O–H groups in total. The largest absolute Gasteiger partial charge is 0.378 e. The standard InChI is InChI=1S/C17H16FN3O2S/c18-13-3-1-12(2-4-13)15-10-21-14(11-24-17(21)19-15)9-16(22)20-5-7-23-8-6-20/h1-4,10-11H,5-9H2. The number of aromatic nitrogens is 2. The molecule has 5 nitrogen and oxygen atoms in total. The predicted octanol–water partition coefficient (Wildman–Crippen LogP) is 2.60. The van der Waals surface area contributed by atoms with Gasteiger partial charge in [-0.2, -0.15) is 0 Å². The Bertz CT molecular complexity index is 866. The van der Waals surface area contributed by atoms with Crippen LogP contribution in [0.3, 0.4) is 0 Å². The molecule has 0 atom stereocenters. The van der Waals surface area contributed by atoms with E-state index >= 15 is 0 Å². The van der Waals surface area contributed by atoms with Crippen molar-refractivity contribution in [3.05, 3.63) is 47.4 Å². The number of hydrogen-bond donors (Lipinski definition) is 0. The van der Waals surface area contributed by atoms with Crippen LogP contribution in [0.2, 0.25) is 0 Å². The SMILES string of the molecule is O=C(Cc1csc2nc(-c3ccc(F)cc3)cn12)N1CCOCC1. The second-order valence-electron chi connectivity index (χ2n) is 5.68. The summed E-state index contributed by atoms with van der Waals surface area (Å²) >= 11 is 1.50. The fourth-order valence-electron chi connectivity index (χ4n) is 2.80. The van der Waals surface area contributed by atoms with Crippen LogP contribution in [0.25, 0.3) is 16.2 Å². The maximum atomic E-state index is 13.1. The highest BCUT2D eigenvalue weighted by Crippen LogP contribution is 2.24. The summed E-state index contributed by atoms with van der Waals surface area (Å²) in [5.41, 5.74) is 2.56. The third-order valence-electron chi connectivity index (χ3n) is 4.12. The number of thiazole rings is 1. The first kappa shape index (κ1) is 15.3. The number of imidazole rings is 1. The maximum Gasteiger partial charge on any atom is 0.228 e. The molecular formula is C17H16FN3O2S. The number of carbonyl (C=O) groups excluding carboxylic acids is 1. The Morgan fingerprint density at radius 3 is 2.75 bits per heavy atom. The first-order valence-electron chi connectivity index (χ1n) is 7.77. The molecule has 4 rings (SSSR count). The molecule has 0 spiro atoms. The van der Waals surface area contributed by atoms with Gasteiger partial charge in [0.25, 0.3) is 0 Å². The van der Waals surface area contributed by atoms with Gasteiger partial charge in [0, 0.05) is 35.9 Å². The highest BCUT2D eigenvalue weighted by atomic mass is 32.1. The summed E-state index contributed by atoms with van der Waals surface area (Å²) in [5, 5.41) is 1.97. The average Bonchev–Trinajstić information content (AvgIpc) is 3.18. The second kappa shape index (κ2) is 6.33. The quantitative estimate of drug-likeness (QED) is 0.733. The van der Waals surface area contributed by atoms with Gasteiger partial charge in [-0.1, -0.05) is 0 Å². The highest BCUT2D eigenvalue weighted by molar-refractivity contribution is 7.15. The number of morpholine rings is 1. The Morgan fingerprint density at radius 2 is 2.00 bits per heavy atom. The molecule has 0 radical (unpaired) electrons. The van der Waals surface area contributed by atoms with Crippen LogP contribution in [0.5, 0.6) is 0 Å². The molecule has 0 unspecified atom stereocenters. The molecule has 1 amide bonds. The Kier molecular flexibility index (Phi) is 4.03. The Labute approximate surface area is 142 Å². The summed E-state index contributed by atoms with van der Waals surface area (Å²) in [7, 11) is 0. The van der Waals surface area contributed by atoms with Gasteiger partial charge in [0.15, 0.2) is 4.96 Å². The number of hydrogen-bond acceptors (Lipinski definition) is 4. The van der Waals surface area contributed by atoms with Crippen molar-refractivity contribution < 1.29 is 13.9 Å². The van der Waals surface area contributed by atoms with E-state index in [-0.39, 0.29) is 11.7 Å². The van der Waals surface area contributed by atoms with Crippen LogP contribution < -0.4 is 0 Å². The summed E-state index contributed by atoms with van der Waals surface area (Å²) in [6.45, 7) is 2.50. The molecule has 24 heavy (non-hydrogen) atoms. The van der Waals surface area contributed by atoms with Crippen molar-refractivity contribution in [2.24, 2.45) is 0 Å². The van der Waals surface area contributed by atoms with Gasteiger partial charge in [0.1, 0.15) is 5.82 Å². The third kappa shape index (κ3) is 2.92. The summed E-state index contributed by atoms with van der Waals surface area (Å²) in [6, 6.07) is 6.26. The smallest absolute Gasteiger partial charge is 0.228 e. The van der Waals surface area contributed by atoms with E-state index < -0.39 is 0 Å². The molecule has 0 saturated carbocycles. The summed E-state index contributed by atoms with van der Waals surface area (Å²) in [5.74, 6) is -0.161. The molecule has 3 heterocycles. The van der Waals surface area contributed by atoms with Gasteiger partial charge in [-0.15, -0.1) is 11.3 Å². The predicted molar refractivity (Wildman–Crippen MR) is 89.6 cm³/mol. The Balaban J connectivity index is 1.58. The maximum absolute atomic E-state index is 13.1. The molecule has 1 aliphatic rings. The van der Waals surface area contributed by atoms with Gasteiger partial charge in [-0.25, -0.2) is 9.37 Å². The van der Waals surface area contributed by atoms with Crippen molar-refractivity contribution in [3.8, 4) is 11.3 Å². The van der Waals surface area contributed by atoms with E-state index in [1.54, 1.807) is 12.1 Å². The fourth-order valence-corrected chi connectivity index (χ4v) is 3.67. The zero-order chi connectivity index (χ0) is 16.5. The normalized spacial score (nSPS) is 15.1. The highest BCUT2D eigenvalue weighted by Gasteiger charge is 2.19. The van der Waals surface area contributed by atoms with Crippen molar-refractivity contribution in [1.29, 1.82) is 0 Å². The van der Waals surface area contributed by atoms with Gasteiger partial charge >= 0.3 is 0 Å². The third-order valence-corrected chi connectivity index (χ3v) is 5.01. The van der Waals surface area contributed by atoms with Gasteiger partial charge in [-0.3, -0.25) is 9.20 Å². The van der Waals surface area contributed by atoms with E-state index in [4.69, 9.17) is 4.74 Å². The van der Waals surface area contributed by atoms with Gasteiger partial charge in [0.2, 0.25) is 5.91 Å². The fraction of sp³-hybridized carbons (Fsp3) is 0.294. The lowest BCUT2D eigenvalue weighted by molar-refractivity contribution is -0.134. The van der Waals surface area contributed by atoms with Crippen LogP contribution >= 0.6 is 11.3 Å². The molecule has 2 aromatic heterocycles. The molecular weight excluding hydrogens is 329 g/mol. The number of rotatable bonds is 3. The van der Waals surface area contributed by atoms with Gasteiger partial charge in [-0.05, 0) is 24.3 Å². The molecule has 0 bridgehead atoms. The van der Waals surface area contributed by atoms with Crippen LogP contribution in [0.15, 0.2) is 35.8 Å². The number of ether oxygens (including phenoxy) is 1. The molecule has 0 aliphatic carbocycles. The van der Waals surface area contributed by atoms with Crippen molar-refractivity contribution in [1.82, 2.24) is 14.3 Å². The van der Waals surface area contributed by atoms with Crippen molar-refractivity contribution >= 4 is 22.2 Å². The van der Waals surface area contributed by atoms with E-state index in [9.17, 15) is 9.18 Å². The lowest BCUT2D eigenvalue weighted by Crippen LogP contribution is -2.41. The van der Waals surface area contributed by atoms with Crippen LogP contribution in [-0.2, 0) is 16.0 Å². The summed E-state index contributed by atoms with van der Waals surface area (Å²) in [4.78, 5) is 19.7.